The van der Waals surface area contributed by atoms with Gasteiger partial charge in [0.2, 0.25) is 5.95 Å². The van der Waals surface area contributed by atoms with Gasteiger partial charge in [0, 0.05) is 37.6 Å². The van der Waals surface area contributed by atoms with Crippen molar-refractivity contribution in [3.63, 3.8) is 0 Å². The Balaban J connectivity index is 1.27. The Kier molecular flexibility index (Phi) is 8.20. The van der Waals surface area contributed by atoms with Crippen molar-refractivity contribution in [2.75, 3.05) is 38.7 Å². The average Bonchev–Trinajstić information content (AvgIpc) is 3.47. The molecule has 1 aliphatic heterocycles. The first kappa shape index (κ1) is 26.0. The molecule has 1 atom stereocenters. The van der Waals surface area contributed by atoms with Gasteiger partial charge in [-0.15, -0.1) is 5.10 Å². The summed E-state index contributed by atoms with van der Waals surface area (Å²) in [6.07, 6.45) is 4.71. The first-order valence-electron chi connectivity index (χ1n) is 12.6. The summed E-state index contributed by atoms with van der Waals surface area (Å²) in [6, 6.07) is 13.7. The standard InChI is InChI=1S/C27H29N9O3/c1-19(16-36-18-31-33-34-36)39-25-12-21(4-5-22(25)13-28)23-14-29-27(30-15-23)32-24-6-3-20(11-26(24)37-2)17-35-7-9-38-10-8-35/h3-6,11-12,14-15,18-19H,7-10,16-17H2,1-2H3,(H,29,30,32)/t19-/m0/s1. The van der Waals surface area contributed by atoms with E-state index in [4.69, 9.17) is 14.2 Å². The molecular formula is C27H29N9O3. The number of methoxy groups -OCH3 is 1. The number of benzene rings is 2. The molecule has 5 rings (SSSR count). The molecule has 4 aromatic rings. The zero-order valence-corrected chi connectivity index (χ0v) is 21.8. The van der Waals surface area contributed by atoms with Crippen molar-refractivity contribution in [1.29, 1.82) is 5.26 Å². The SMILES string of the molecule is COc1cc(CN2CCOCC2)ccc1Nc1ncc(-c2ccc(C#N)c(O[C@@H](C)Cn3cnnn3)c2)cn1. The van der Waals surface area contributed by atoms with Crippen LogP contribution in [-0.2, 0) is 17.8 Å². The molecule has 1 fully saturated rings. The molecule has 2 aromatic heterocycles. The monoisotopic (exact) mass is 527 g/mol. The van der Waals surface area contributed by atoms with Crippen LogP contribution >= 0.6 is 0 Å². The number of morpholine rings is 1. The Morgan fingerprint density at radius 2 is 1.90 bits per heavy atom. The van der Waals surface area contributed by atoms with E-state index in [1.54, 1.807) is 30.3 Å². The fraction of sp³-hybridized carbons (Fsp3) is 0.333. The average molecular weight is 528 g/mol. The molecule has 0 radical (unpaired) electrons. The van der Waals surface area contributed by atoms with Gasteiger partial charge in [-0.2, -0.15) is 5.26 Å². The molecule has 12 heteroatoms. The molecule has 1 aliphatic rings. The lowest BCUT2D eigenvalue weighted by molar-refractivity contribution is 0.0342. The number of hydrogen-bond donors (Lipinski definition) is 1. The van der Waals surface area contributed by atoms with Crippen molar-refractivity contribution in [1.82, 2.24) is 35.1 Å². The van der Waals surface area contributed by atoms with Crippen LogP contribution in [0.4, 0.5) is 11.6 Å². The maximum absolute atomic E-state index is 9.55. The normalized spacial score (nSPS) is 14.4. The molecule has 0 amide bonds. The first-order valence-corrected chi connectivity index (χ1v) is 12.6. The predicted molar refractivity (Wildman–Crippen MR) is 142 cm³/mol. The Bertz CT molecular complexity index is 1420. The number of aromatic nitrogens is 6. The quantitative estimate of drug-likeness (QED) is 0.326. The molecule has 0 saturated carbocycles. The summed E-state index contributed by atoms with van der Waals surface area (Å²) in [6.45, 7) is 6.57. The van der Waals surface area contributed by atoms with Gasteiger partial charge in [0.05, 0.1) is 38.1 Å². The van der Waals surface area contributed by atoms with Gasteiger partial charge in [-0.3, -0.25) is 4.90 Å². The second-order valence-electron chi connectivity index (χ2n) is 9.13. The van der Waals surface area contributed by atoms with Gasteiger partial charge in [-0.1, -0.05) is 12.1 Å². The summed E-state index contributed by atoms with van der Waals surface area (Å²) < 4.78 is 18.7. The zero-order chi connectivity index (χ0) is 27.0. The van der Waals surface area contributed by atoms with Crippen LogP contribution in [0, 0.1) is 11.3 Å². The summed E-state index contributed by atoms with van der Waals surface area (Å²) >= 11 is 0. The fourth-order valence-corrected chi connectivity index (χ4v) is 4.29. The Morgan fingerprint density at radius 3 is 2.62 bits per heavy atom. The lowest BCUT2D eigenvalue weighted by Crippen LogP contribution is -2.35. The van der Waals surface area contributed by atoms with E-state index >= 15 is 0 Å². The van der Waals surface area contributed by atoms with Crippen molar-refractivity contribution in [2.24, 2.45) is 0 Å². The molecule has 2 aromatic carbocycles. The number of anilines is 2. The first-order chi connectivity index (χ1) is 19.1. The van der Waals surface area contributed by atoms with Crippen LogP contribution in [0.2, 0.25) is 0 Å². The highest BCUT2D eigenvalue weighted by Gasteiger charge is 2.14. The summed E-state index contributed by atoms with van der Waals surface area (Å²) in [5.41, 5.74) is 4.00. The Morgan fingerprint density at radius 1 is 1.08 bits per heavy atom. The van der Waals surface area contributed by atoms with E-state index in [2.05, 4.69) is 47.8 Å². The van der Waals surface area contributed by atoms with Gasteiger partial charge >= 0.3 is 0 Å². The molecule has 0 unspecified atom stereocenters. The largest absolute Gasteiger partial charge is 0.495 e. The van der Waals surface area contributed by atoms with Gasteiger partial charge in [0.1, 0.15) is 30.0 Å². The summed E-state index contributed by atoms with van der Waals surface area (Å²) in [5, 5.41) is 23.9. The van der Waals surface area contributed by atoms with E-state index in [1.165, 1.54) is 11.9 Å². The molecular weight excluding hydrogens is 498 g/mol. The third-order valence-electron chi connectivity index (χ3n) is 6.27. The molecule has 1 N–H and O–H groups in total. The number of tetrazole rings is 1. The van der Waals surface area contributed by atoms with Gasteiger partial charge in [-0.05, 0) is 52.7 Å². The van der Waals surface area contributed by atoms with E-state index in [1.807, 2.05) is 31.2 Å². The Labute approximate surface area is 226 Å². The van der Waals surface area contributed by atoms with Gasteiger partial charge < -0.3 is 19.5 Å². The van der Waals surface area contributed by atoms with Crippen LogP contribution in [-0.4, -0.2) is 74.6 Å². The second kappa shape index (κ2) is 12.3. The molecule has 1 saturated heterocycles. The van der Waals surface area contributed by atoms with E-state index in [9.17, 15) is 5.26 Å². The van der Waals surface area contributed by atoms with Crippen LogP contribution < -0.4 is 14.8 Å². The molecule has 3 heterocycles. The van der Waals surface area contributed by atoms with Crippen molar-refractivity contribution < 1.29 is 14.2 Å². The topological polar surface area (TPSA) is 136 Å². The van der Waals surface area contributed by atoms with Gasteiger partial charge in [0.15, 0.2) is 0 Å². The minimum Gasteiger partial charge on any atom is -0.495 e. The summed E-state index contributed by atoms with van der Waals surface area (Å²) in [4.78, 5) is 11.4. The lowest BCUT2D eigenvalue weighted by Gasteiger charge is -2.26. The van der Waals surface area contributed by atoms with Gasteiger partial charge in [-0.25, -0.2) is 14.6 Å². The minimum absolute atomic E-state index is 0.256. The van der Waals surface area contributed by atoms with E-state index < -0.39 is 0 Å². The highest BCUT2D eigenvalue weighted by atomic mass is 16.5. The van der Waals surface area contributed by atoms with Crippen LogP contribution in [0.3, 0.4) is 0 Å². The zero-order valence-electron chi connectivity index (χ0n) is 21.8. The maximum atomic E-state index is 9.55. The molecule has 0 spiro atoms. The van der Waals surface area contributed by atoms with E-state index in [-0.39, 0.29) is 6.10 Å². The number of ether oxygens (including phenoxy) is 3. The molecule has 200 valence electrons. The lowest BCUT2D eigenvalue weighted by atomic mass is 10.1. The van der Waals surface area contributed by atoms with Crippen LogP contribution in [0.5, 0.6) is 11.5 Å². The molecule has 0 bridgehead atoms. The van der Waals surface area contributed by atoms with Crippen molar-refractivity contribution >= 4 is 11.6 Å². The van der Waals surface area contributed by atoms with Crippen LogP contribution in [0.25, 0.3) is 11.1 Å². The summed E-state index contributed by atoms with van der Waals surface area (Å²) in [5.74, 6) is 1.64. The molecule has 39 heavy (non-hydrogen) atoms. The number of hydrogen-bond acceptors (Lipinski definition) is 11. The predicted octanol–water partition coefficient (Wildman–Crippen LogP) is 3.05. The third-order valence-corrected chi connectivity index (χ3v) is 6.27. The van der Waals surface area contributed by atoms with Gasteiger partial charge in [0.25, 0.3) is 0 Å². The second-order valence-corrected chi connectivity index (χ2v) is 9.13. The molecule has 12 nitrogen and oxygen atoms in total. The molecule has 0 aliphatic carbocycles. The van der Waals surface area contributed by atoms with Crippen molar-refractivity contribution in [2.45, 2.75) is 26.1 Å². The van der Waals surface area contributed by atoms with Crippen molar-refractivity contribution in [3.05, 3.63) is 66.2 Å². The highest BCUT2D eigenvalue weighted by molar-refractivity contribution is 5.68. The van der Waals surface area contributed by atoms with Crippen molar-refractivity contribution in [3.8, 4) is 28.7 Å². The third kappa shape index (κ3) is 6.64. The minimum atomic E-state index is -0.256. The van der Waals surface area contributed by atoms with E-state index in [0.29, 0.717) is 23.8 Å². The maximum Gasteiger partial charge on any atom is 0.227 e. The van der Waals surface area contributed by atoms with Crippen LogP contribution in [0.15, 0.2) is 55.1 Å². The number of rotatable bonds is 10. The summed E-state index contributed by atoms with van der Waals surface area (Å²) in [7, 11) is 1.65. The fourth-order valence-electron chi connectivity index (χ4n) is 4.29. The van der Waals surface area contributed by atoms with E-state index in [0.717, 1.165) is 55.4 Å². The van der Waals surface area contributed by atoms with Crippen LogP contribution in [0.1, 0.15) is 18.1 Å². The Hall–Kier alpha value is -4.60. The smallest absolute Gasteiger partial charge is 0.227 e. The highest BCUT2D eigenvalue weighted by Crippen LogP contribution is 2.30. The number of nitriles is 1. The number of nitrogens with one attached hydrogen (secondary N) is 1. The number of nitrogens with zero attached hydrogens (tertiary/aromatic N) is 8.